The normalized spacial score (nSPS) is 14.6. The third-order valence-corrected chi connectivity index (χ3v) is 3.48. The number of aliphatic hydroxyl groups is 1. The maximum atomic E-state index is 10.0. The summed E-state index contributed by atoms with van der Waals surface area (Å²) in [4.78, 5) is 0. The van der Waals surface area contributed by atoms with Crippen molar-refractivity contribution in [1.29, 1.82) is 0 Å². The molecular formula is C13H19BrClNO. The quantitative estimate of drug-likeness (QED) is 0.837. The number of hydrogen-bond donors (Lipinski definition) is 2. The Balaban J connectivity index is 2.48. The first-order valence-corrected chi connectivity index (χ1v) is 6.99. The molecule has 1 aromatic carbocycles. The molecule has 4 heteroatoms. The van der Waals surface area contributed by atoms with E-state index in [1.165, 1.54) is 0 Å². The fourth-order valence-corrected chi connectivity index (χ4v) is 2.37. The molecule has 0 fully saturated rings. The van der Waals surface area contributed by atoms with Gasteiger partial charge in [-0.15, -0.1) is 0 Å². The zero-order valence-electron chi connectivity index (χ0n) is 10.3. The van der Waals surface area contributed by atoms with Gasteiger partial charge in [0.05, 0.1) is 5.60 Å². The minimum absolute atomic E-state index is 0.573. The van der Waals surface area contributed by atoms with Crippen molar-refractivity contribution in [3.8, 4) is 0 Å². The van der Waals surface area contributed by atoms with Gasteiger partial charge in [-0.05, 0) is 37.1 Å². The second-order valence-corrected chi connectivity index (χ2v) is 5.91. The van der Waals surface area contributed by atoms with Gasteiger partial charge in [0.15, 0.2) is 0 Å². The van der Waals surface area contributed by atoms with Gasteiger partial charge in [0, 0.05) is 22.6 Å². The van der Waals surface area contributed by atoms with Crippen LogP contribution in [-0.4, -0.2) is 17.3 Å². The average Bonchev–Trinajstić information content (AvgIpc) is 2.23. The third-order valence-electron chi connectivity index (χ3n) is 2.62. The first-order valence-electron chi connectivity index (χ1n) is 5.81. The topological polar surface area (TPSA) is 32.3 Å². The van der Waals surface area contributed by atoms with E-state index in [0.717, 1.165) is 27.9 Å². The van der Waals surface area contributed by atoms with Gasteiger partial charge in [0.25, 0.3) is 0 Å². The fraction of sp³-hybridized carbons (Fsp3) is 0.538. The van der Waals surface area contributed by atoms with Gasteiger partial charge in [0.2, 0.25) is 0 Å². The highest BCUT2D eigenvalue weighted by Gasteiger charge is 2.18. The molecule has 0 heterocycles. The number of halogens is 2. The number of nitrogens with one attached hydrogen (secondary N) is 1. The van der Waals surface area contributed by atoms with Crippen LogP contribution in [0.15, 0.2) is 22.7 Å². The molecule has 1 aromatic rings. The van der Waals surface area contributed by atoms with Crippen molar-refractivity contribution in [3.63, 3.8) is 0 Å². The maximum absolute atomic E-state index is 10.0. The van der Waals surface area contributed by atoms with E-state index >= 15 is 0 Å². The molecule has 0 radical (unpaired) electrons. The lowest BCUT2D eigenvalue weighted by molar-refractivity contribution is 0.0498. The summed E-state index contributed by atoms with van der Waals surface area (Å²) in [7, 11) is 0. The minimum Gasteiger partial charge on any atom is -0.389 e. The van der Waals surface area contributed by atoms with Crippen LogP contribution in [0.1, 0.15) is 32.3 Å². The first-order chi connectivity index (χ1) is 7.94. The zero-order valence-corrected chi connectivity index (χ0v) is 12.6. The molecular weight excluding hydrogens is 302 g/mol. The molecule has 0 bridgehead atoms. The van der Waals surface area contributed by atoms with Crippen molar-refractivity contribution in [3.05, 3.63) is 33.3 Å². The highest BCUT2D eigenvalue weighted by atomic mass is 79.9. The van der Waals surface area contributed by atoms with Crippen molar-refractivity contribution in [2.75, 3.05) is 6.54 Å². The van der Waals surface area contributed by atoms with E-state index in [-0.39, 0.29) is 0 Å². The van der Waals surface area contributed by atoms with Crippen molar-refractivity contribution < 1.29 is 5.11 Å². The minimum atomic E-state index is -0.646. The van der Waals surface area contributed by atoms with E-state index < -0.39 is 5.60 Å². The highest BCUT2D eigenvalue weighted by Crippen LogP contribution is 2.21. The molecule has 96 valence electrons. The molecule has 2 N–H and O–H groups in total. The van der Waals surface area contributed by atoms with Crippen molar-refractivity contribution in [2.45, 2.75) is 38.8 Å². The summed E-state index contributed by atoms with van der Waals surface area (Å²) in [6.45, 7) is 5.16. The molecule has 1 rings (SSSR count). The van der Waals surface area contributed by atoms with Crippen LogP contribution in [0, 0.1) is 0 Å². The van der Waals surface area contributed by atoms with E-state index in [9.17, 15) is 5.11 Å². The predicted molar refractivity (Wildman–Crippen MR) is 76.4 cm³/mol. The summed E-state index contributed by atoms with van der Waals surface area (Å²) in [5, 5.41) is 14.0. The van der Waals surface area contributed by atoms with Crippen LogP contribution in [0.3, 0.4) is 0 Å². The molecule has 0 saturated heterocycles. The number of hydrogen-bond acceptors (Lipinski definition) is 2. The Morgan fingerprint density at radius 2 is 2.18 bits per heavy atom. The molecule has 1 atom stereocenters. The number of benzene rings is 1. The van der Waals surface area contributed by atoms with Gasteiger partial charge in [-0.25, -0.2) is 0 Å². The molecule has 0 aliphatic rings. The van der Waals surface area contributed by atoms with Crippen LogP contribution < -0.4 is 5.32 Å². The predicted octanol–water partition coefficient (Wildman–Crippen LogP) is 3.74. The van der Waals surface area contributed by atoms with Crippen LogP contribution in [0.2, 0.25) is 5.02 Å². The number of rotatable bonds is 6. The van der Waals surface area contributed by atoms with Crippen LogP contribution in [-0.2, 0) is 6.54 Å². The van der Waals surface area contributed by atoms with E-state index in [0.29, 0.717) is 13.1 Å². The van der Waals surface area contributed by atoms with Gasteiger partial charge in [-0.3, -0.25) is 0 Å². The van der Waals surface area contributed by atoms with Crippen LogP contribution in [0.4, 0.5) is 0 Å². The van der Waals surface area contributed by atoms with E-state index in [4.69, 9.17) is 11.6 Å². The SMILES string of the molecule is CCCC(C)(O)CNCc1cc(Br)ccc1Cl. The molecule has 0 aromatic heterocycles. The fourth-order valence-electron chi connectivity index (χ4n) is 1.77. The summed E-state index contributed by atoms with van der Waals surface area (Å²) >= 11 is 9.50. The summed E-state index contributed by atoms with van der Waals surface area (Å²) in [6, 6.07) is 5.77. The zero-order chi connectivity index (χ0) is 12.9. The van der Waals surface area contributed by atoms with E-state index in [2.05, 4.69) is 28.2 Å². The summed E-state index contributed by atoms with van der Waals surface area (Å²) in [5.41, 5.74) is 0.390. The maximum Gasteiger partial charge on any atom is 0.0743 e. The molecule has 0 saturated carbocycles. The van der Waals surface area contributed by atoms with Crippen molar-refractivity contribution >= 4 is 27.5 Å². The lowest BCUT2D eigenvalue weighted by Gasteiger charge is -2.23. The largest absolute Gasteiger partial charge is 0.389 e. The van der Waals surface area contributed by atoms with Gasteiger partial charge in [0.1, 0.15) is 0 Å². The van der Waals surface area contributed by atoms with E-state index in [1.54, 1.807) is 0 Å². The molecule has 0 aliphatic heterocycles. The van der Waals surface area contributed by atoms with Gasteiger partial charge < -0.3 is 10.4 Å². The molecule has 17 heavy (non-hydrogen) atoms. The lowest BCUT2D eigenvalue weighted by atomic mass is 10.0. The Morgan fingerprint density at radius 1 is 1.47 bits per heavy atom. The lowest BCUT2D eigenvalue weighted by Crippen LogP contribution is -2.37. The third kappa shape index (κ3) is 5.38. The monoisotopic (exact) mass is 319 g/mol. The Hall–Kier alpha value is -0.0900. The Kier molecular flexibility index (Phi) is 5.93. The molecule has 0 aliphatic carbocycles. The van der Waals surface area contributed by atoms with Crippen LogP contribution in [0.25, 0.3) is 0 Å². The van der Waals surface area contributed by atoms with Gasteiger partial charge in [-0.1, -0.05) is 40.9 Å². The Morgan fingerprint density at radius 3 is 2.82 bits per heavy atom. The van der Waals surface area contributed by atoms with Gasteiger partial charge >= 0.3 is 0 Å². The molecule has 0 spiro atoms. The second kappa shape index (κ2) is 6.74. The Bertz CT molecular complexity index is 368. The Labute approximate surface area is 117 Å². The molecule has 1 unspecified atom stereocenters. The summed E-state index contributed by atoms with van der Waals surface area (Å²) in [5.74, 6) is 0. The highest BCUT2D eigenvalue weighted by molar-refractivity contribution is 9.10. The first kappa shape index (κ1) is 15.0. The second-order valence-electron chi connectivity index (χ2n) is 4.59. The summed E-state index contributed by atoms with van der Waals surface area (Å²) in [6.07, 6.45) is 1.78. The van der Waals surface area contributed by atoms with Crippen LogP contribution in [0.5, 0.6) is 0 Å². The smallest absolute Gasteiger partial charge is 0.0743 e. The van der Waals surface area contributed by atoms with E-state index in [1.807, 2.05) is 25.1 Å². The van der Waals surface area contributed by atoms with Gasteiger partial charge in [-0.2, -0.15) is 0 Å². The van der Waals surface area contributed by atoms with Crippen molar-refractivity contribution in [2.24, 2.45) is 0 Å². The standard InChI is InChI=1S/C13H19BrClNO/c1-3-6-13(2,17)9-16-8-10-7-11(14)4-5-12(10)15/h4-5,7,16-17H,3,6,8-9H2,1-2H3. The van der Waals surface area contributed by atoms with Crippen molar-refractivity contribution in [1.82, 2.24) is 5.32 Å². The molecule has 0 amide bonds. The summed E-state index contributed by atoms with van der Waals surface area (Å²) < 4.78 is 1.01. The van der Waals surface area contributed by atoms with Crippen LogP contribution >= 0.6 is 27.5 Å². The molecule has 2 nitrogen and oxygen atoms in total. The average molecular weight is 321 g/mol.